The van der Waals surface area contributed by atoms with E-state index < -0.39 is 0 Å². The van der Waals surface area contributed by atoms with E-state index in [1.165, 1.54) is 0 Å². The molecule has 0 spiro atoms. The third kappa shape index (κ3) is 4.64. The average molecular weight is 110 g/mol. The van der Waals surface area contributed by atoms with Crippen molar-refractivity contribution in [1.82, 2.24) is 0 Å². The molecule has 0 saturated heterocycles. The molecule has 1 radical (unpaired) electrons. The van der Waals surface area contributed by atoms with E-state index in [2.05, 4.69) is 12.6 Å². The second-order valence-electron chi connectivity index (χ2n) is 0.965. The van der Waals surface area contributed by atoms with Crippen LogP contribution in [0.3, 0.4) is 0 Å². The van der Waals surface area contributed by atoms with Gasteiger partial charge in [0.2, 0.25) is 0 Å². The van der Waals surface area contributed by atoms with Gasteiger partial charge in [0.15, 0.2) is 0 Å². The van der Waals surface area contributed by atoms with Crippen molar-refractivity contribution < 1.29 is 0 Å². The second kappa shape index (κ2) is 2.86. The molecule has 0 amide bonds. The molecule has 2 heteroatoms. The van der Waals surface area contributed by atoms with E-state index in [0.29, 0.717) is 5.88 Å². The van der Waals surface area contributed by atoms with Crippen LogP contribution in [-0.4, -0.2) is 11.1 Å². The molecule has 0 heterocycles. The Morgan fingerprint density at radius 2 is 2.20 bits per heavy atom. The van der Waals surface area contributed by atoms with Gasteiger partial charge >= 0.3 is 0 Å². The molecule has 5 heavy (non-hydrogen) atoms. The minimum Gasteiger partial charge on any atom is -0.125 e. The summed E-state index contributed by atoms with van der Waals surface area (Å²) in [6.45, 7) is 1.91. The van der Waals surface area contributed by atoms with E-state index in [1.54, 1.807) is 0 Å². The van der Waals surface area contributed by atoms with Crippen LogP contribution >= 0.6 is 24.2 Å². The van der Waals surface area contributed by atoms with Gasteiger partial charge in [0.25, 0.3) is 0 Å². The molecule has 0 saturated carbocycles. The first-order chi connectivity index (χ1) is 2.27. The number of hydrogen-bond donors (Lipinski definition) is 0. The fraction of sp³-hybridized carbons (Fsp3) is 1.00. The SMILES string of the molecule is CC([S])CCl. The Hall–Kier alpha value is 0.640. The number of hydrogen-bond acceptors (Lipinski definition) is 0. The van der Waals surface area contributed by atoms with Crippen molar-refractivity contribution in [3.05, 3.63) is 0 Å². The molecule has 1 unspecified atom stereocenters. The lowest BCUT2D eigenvalue weighted by molar-refractivity contribution is 1.14. The summed E-state index contributed by atoms with van der Waals surface area (Å²) in [6.07, 6.45) is 0. The summed E-state index contributed by atoms with van der Waals surface area (Å²) in [5, 5.41) is 0.233. The van der Waals surface area contributed by atoms with E-state index in [4.69, 9.17) is 11.6 Å². The molecule has 0 aromatic carbocycles. The molecule has 0 nitrogen and oxygen atoms in total. The molecule has 0 bridgehead atoms. The van der Waals surface area contributed by atoms with Gasteiger partial charge in [0.1, 0.15) is 0 Å². The average Bonchev–Trinajstić information content (AvgIpc) is 1.38. The molecular formula is C3H6ClS. The maximum absolute atomic E-state index is 5.23. The first kappa shape index (κ1) is 5.64. The largest absolute Gasteiger partial charge is 0.125 e. The van der Waals surface area contributed by atoms with Crippen LogP contribution in [-0.2, 0) is 0 Å². The van der Waals surface area contributed by atoms with Crippen molar-refractivity contribution in [3.63, 3.8) is 0 Å². The van der Waals surface area contributed by atoms with Crippen LogP contribution in [0.2, 0.25) is 0 Å². The number of halogens is 1. The Labute approximate surface area is 42.9 Å². The number of alkyl halides is 1. The summed E-state index contributed by atoms with van der Waals surface area (Å²) < 4.78 is 0. The topological polar surface area (TPSA) is 0 Å². The second-order valence-corrected chi connectivity index (χ2v) is 2.08. The van der Waals surface area contributed by atoms with Crippen LogP contribution in [0, 0.1) is 0 Å². The van der Waals surface area contributed by atoms with Crippen LogP contribution < -0.4 is 0 Å². The molecule has 0 aromatic rings. The monoisotopic (exact) mass is 109 g/mol. The zero-order valence-electron chi connectivity index (χ0n) is 3.07. The van der Waals surface area contributed by atoms with Crippen LogP contribution in [0.1, 0.15) is 6.92 Å². The smallest absolute Gasteiger partial charge is 0.0348 e. The fourth-order valence-corrected chi connectivity index (χ4v) is 0. The Morgan fingerprint density at radius 1 is 2.00 bits per heavy atom. The van der Waals surface area contributed by atoms with Crippen molar-refractivity contribution in [3.8, 4) is 0 Å². The standard InChI is InChI=1S/C3H6ClS/c1-3(5)2-4/h3H,2H2,1H3. The molecule has 1 atom stereocenters. The normalized spacial score (nSPS) is 15.0. The van der Waals surface area contributed by atoms with Gasteiger partial charge in [-0.1, -0.05) is 19.6 Å². The highest BCUT2D eigenvalue weighted by molar-refractivity contribution is 7.81. The summed E-state index contributed by atoms with van der Waals surface area (Å²) in [6, 6.07) is 0. The predicted octanol–water partition coefficient (Wildman–Crippen LogP) is 1.81. The summed E-state index contributed by atoms with van der Waals surface area (Å²) in [5.41, 5.74) is 0. The van der Waals surface area contributed by atoms with Gasteiger partial charge in [-0.15, -0.1) is 11.6 Å². The molecule has 0 aliphatic carbocycles. The number of rotatable bonds is 1. The summed E-state index contributed by atoms with van der Waals surface area (Å²) in [7, 11) is 0. The summed E-state index contributed by atoms with van der Waals surface area (Å²) in [4.78, 5) is 0. The van der Waals surface area contributed by atoms with Crippen molar-refractivity contribution in [2.75, 3.05) is 5.88 Å². The highest BCUT2D eigenvalue weighted by atomic mass is 35.5. The molecule has 0 rings (SSSR count). The zero-order valence-corrected chi connectivity index (χ0v) is 4.64. The first-order valence-corrected chi connectivity index (χ1v) is 2.49. The molecule has 0 aliphatic rings. The minimum atomic E-state index is 0.233. The first-order valence-electron chi connectivity index (χ1n) is 1.49. The molecule has 31 valence electrons. The highest BCUT2D eigenvalue weighted by Gasteiger charge is 1.84. The van der Waals surface area contributed by atoms with Gasteiger partial charge in [-0.25, -0.2) is 0 Å². The van der Waals surface area contributed by atoms with Crippen LogP contribution in [0.4, 0.5) is 0 Å². The lowest BCUT2D eigenvalue weighted by Crippen LogP contribution is -1.88. The quantitative estimate of drug-likeness (QED) is 0.451. The van der Waals surface area contributed by atoms with Crippen LogP contribution in [0.25, 0.3) is 0 Å². The molecule has 0 aliphatic heterocycles. The maximum atomic E-state index is 5.23. The Bertz CT molecular complexity index is 20.9. The van der Waals surface area contributed by atoms with E-state index in [-0.39, 0.29) is 5.25 Å². The van der Waals surface area contributed by atoms with Gasteiger partial charge in [-0.2, -0.15) is 0 Å². The van der Waals surface area contributed by atoms with E-state index >= 15 is 0 Å². The Kier molecular flexibility index (Phi) is 3.22. The van der Waals surface area contributed by atoms with Gasteiger partial charge in [0.05, 0.1) is 0 Å². The third-order valence-electron chi connectivity index (χ3n) is 0.217. The third-order valence-corrected chi connectivity index (χ3v) is 1.03. The lowest BCUT2D eigenvalue weighted by atomic mass is 10.6. The minimum absolute atomic E-state index is 0.233. The van der Waals surface area contributed by atoms with Crippen molar-refractivity contribution in [1.29, 1.82) is 0 Å². The van der Waals surface area contributed by atoms with Gasteiger partial charge in [0, 0.05) is 11.1 Å². The highest BCUT2D eigenvalue weighted by Crippen LogP contribution is 1.92. The zero-order chi connectivity index (χ0) is 4.28. The Balaban J connectivity index is 2.54. The fourth-order valence-electron chi connectivity index (χ4n) is 0. The summed E-state index contributed by atoms with van der Waals surface area (Å²) >= 11 is 9.88. The van der Waals surface area contributed by atoms with E-state index in [0.717, 1.165) is 0 Å². The van der Waals surface area contributed by atoms with E-state index in [1.807, 2.05) is 6.92 Å². The van der Waals surface area contributed by atoms with Gasteiger partial charge < -0.3 is 0 Å². The van der Waals surface area contributed by atoms with Gasteiger partial charge in [-0.3, -0.25) is 0 Å². The Morgan fingerprint density at radius 3 is 2.20 bits per heavy atom. The maximum Gasteiger partial charge on any atom is 0.0348 e. The molecule has 0 fully saturated rings. The van der Waals surface area contributed by atoms with Gasteiger partial charge in [-0.05, 0) is 0 Å². The predicted molar refractivity (Wildman–Crippen MR) is 27.8 cm³/mol. The van der Waals surface area contributed by atoms with Crippen molar-refractivity contribution >= 4 is 24.2 Å². The van der Waals surface area contributed by atoms with Crippen molar-refractivity contribution in [2.24, 2.45) is 0 Å². The molecule has 0 aromatic heterocycles. The molecule has 0 N–H and O–H groups in total. The van der Waals surface area contributed by atoms with E-state index in [9.17, 15) is 0 Å². The van der Waals surface area contributed by atoms with Crippen molar-refractivity contribution in [2.45, 2.75) is 12.2 Å². The van der Waals surface area contributed by atoms with Crippen LogP contribution in [0.15, 0.2) is 0 Å². The van der Waals surface area contributed by atoms with Crippen LogP contribution in [0.5, 0.6) is 0 Å². The summed E-state index contributed by atoms with van der Waals surface area (Å²) in [5.74, 6) is 0.593. The lowest BCUT2D eigenvalue weighted by Gasteiger charge is -1.86. The molecular weight excluding hydrogens is 104 g/mol.